The molecular formula is C26H20FNO5S. The molecule has 1 N–H and O–H groups in total. The van der Waals surface area contributed by atoms with Crippen molar-refractivity contribution in [1.82, 2.24) is 4.98 Å². The Hall–Kier alpha value is -3.65. The van der Waals surface area contributed by atoms with Crippen molar-refractivity contribution >= 4 is 27.5 Å². The summed E-state index contributed by atoms with van der Waals surface area (Å²) >= 11 is 1.45. The predicted octanol–water partition coefficient (Wildman–Crippen LogP) is 6.24. The van der Waals surface area contributed by atoms with Gasteiger partial charge in [-0.25, -0.2) is 9.37 Å². The number of rotatable bonds is 6. The quantitative estimate of drug-likeness (QED) is 0.354. The maximum atomic E-state index is 14.9. The van der Waals surface area contributed by atoms with E-state index in [0.717, 1.165) is 21.3 Å². The fourth-order valence-electron chi connectivity index (χ4n) is 4.72. The maximum absolute atomic E-state index is 14.9. The van der Waals surface area contributed by atoms with E-state index in [9.17, 15) is 9.18 Å². The molecule has 0 spiro atoms. The molecule has 1 aliphatic carbocycles. The van der Waals surface area contributed by atoms with Crippen LogP contribution in [0.15, 0.2) is 54.6 Å². The van der Waals surface area contributed by atoms with Gasteiger partial charge in [0.15, 0.2) is 0 Å². The molecule has 1 aliphatic heterocycles. The van der Waals surface area contributed by atoms with Crippen LogP contribution in [0.3, 0.4) is 0 Å². The Morgan fingerprint density at radius 3 is 2.94 bits per heavy atom. The molecule has 2 heterocycles. The molecule has 34 heavy (non-hydrogen) atoms. The Morgan fingerprint density at radius 2 is 2.09 bits per heavy atom. The minimum Gasteiger partial charge on any atom is -0.492 e. The number of nitrogens with zero attached hydrogens (tertiary/aromatic N) is 1. The van der Waals surface area contributed by atoms with E-state index in [1.165, 1.54) is 17.4 Å². The number of aromatic nitrogens is 1. The summed E-state index contributed by atoms with van der Waals surface area (Å²) in [5.41, 5.74) is 3.03. The lowest BCUT2D eigenvalue weighted by Crippen LogP contribution is -2.07. The molecule has 6 rings (SSSR count). The number of para-hydroxylation sites is 1. The van der Waals surface area contributed by atoms with Crippen molar-refractivity contribution in [1.29, 1.82) is 0 Å². The van der Waals surface area contributed by atoms with Crippen LogP contribution in [0.4, 0.5) is 4.39 Å². The Morgan fingerprint density at radius 1 is 1.21 bits per heavy atom. The zero-order valence-corrected chi connectivity index (χ0v) is 18.8. The number of hydrogen-bond donors (Lipinski definition) is 1. The highest BCUT2D eigenvalue weighted by atomic mass is 32.1. The Labute approximate surface area is 198 Å². The summed E-state index contributed by atoms with van der Waals surface area (Å²) in [5, 5.41) is 9.61. The van der Waals surface area contributed by atoms with Gasteiger partial charge in [0.1, 0.15) is 29.2 Å². The maximum Gasteiger partial charge on any atom is 0.304 e. The molecule has 172 valence electrons. The minimum atomic E-state index is -0.858. The lowest BCUT2D eigenvalue weighted by molar-refractivity contribution is -0.137. The van der Waals surface area contributed by atoms with Crippen molar-refractivity contribution in [3.8, 4) is 22.4 Å². The lowest BCUT2D eigenvalue weighted by Gasteiger charge is -2.17. The molecule has 1 aromatic heterocycles. The number of fused-ring (bicyclic) bond motifs is 3. The van der Waals surface area contributed by atoms with Gasteiger partial charge in [0.25, 0.3) is 5.19 Å². The van der Waals surface area contributed by atoms with Crippen molar-refractivity contribution in [2.24, 2.45) is 0 Å². The number of hydrogen-bond acceptors (Lipinski definition) is 6. The van der Waals surface area contributed by atoms with E-state index in [0.29, 0.717) is 47.5 Å². The van der Waals surface area contributed by atoms with Gasteiger partial charge in [-0.3, -0.25) is 4.79 Å². The Bertz CT molecular complexity index is 1380. The van der Waals surface area contributed by atoms with E-state index in [-0.39, 0.29) is 18.2 Å². The molecule has 8 heteroatoms. The summed E-state index contributed by atoms with van der Waals surface area (Å²) in [6, 6.07) is 16.3. The van der Waals surface area contributed by atoms with Gasteiger partial charge < -0.3 is 19.3 Å². The van der Waals surface area contributed by atoms with Gasteiger partial charge in [0.2, 0.25) is 0 Å². The number of halogens is 1. The SMILES string of the molecule is O=C(O)CC1COc2cc(O[C@@H]3CCc4c(Oc5nc6ccccc6s5)ccc(F)c43)ccc21. The van der Waals surface area contributed by atoms with Crippen molar-refractivity contribution in [2.45, 2.75) is 31.3 Å². The Kier molecular flexibility index (Phi) is 5.10. The van der Waals surface area contributed by atoms with E-state index in [1.54, 1.807) is 18.2 Å². The molecule has 0 fully saturated rings. The summed E-state index contributed by atoms with van der Waals surface area (Å²) in [5.74, 6) is 0.417. The molecular weight excluding hydrogens is 457 g/mol. The van der Waals surface area contributed by atoms with Crippen LogP contribution in [0.2, 0.25) is 0 Å². The summed E-state index contributed by atoms with van der Waals surface area (Å²) < 4.78 is 33.9. The average Bonchev–Trinajstić information content (AvgIpc) is 3.53. The van der Waals surface area contributed by atoms with E-state index in [2.05, 4.69) is 4.98 Å². The first-order chi connectivity index (χ1) is 16.5. The van der Waals surface area contributed by atoms with Crippen molar-refractivity contribution in [3.05, 3.63) is 77.1 Å². The lowest BCUT2D eigenvalue weighted by atomic mass is 9.98. The summed E-state index contributed by atoms with van der Waals surface area (Å²) in [6.07, 6.45) is 0.807. The molecule has 0 bridgehead atoms. The monoisotopic (exact) mass is 477 g/mol. The van der Waals surface area contributed by atoms with Gasteiger partial charge in [-0.05, 0) is 43.2 Å². The second kappa shape index (κ2) is 8.29. The number of carboxylic acid groups (broad SMARTS) is 1. The highest BCUT2D eigenvalue weighted by Gasteiger charge is 2.32. The fraction of sp³-hybridized carbons (Fsp3) is 0.231. The second-order valence-electron chi connectivity index (χ2n) is 8.44. The molecule has 6 nitrogen and oxygen atoms in total. The first-order valence-corrected chi connectivity index (χ1v) is 11.9. The van der Waals surface area contributed by atoms with Crippen molar-refractivity contribution in [2.75, 3.05) is 6.61 Å². The molecule has 2 aliphatic rings. The van der Waals surface area contributed by atoms with Crippen LogP contribution in [-0.4, -0.2) is 22.7 Å². The van der Waals surface area contributed by atoms with E-state index in [1.807, 2.05) is 30.3 Å². The van der Waals surface area contributed by atoms with Crippen LogP contribution in [-0.2, 0) is 11.2 Å². The standard InChI is InChI=1S/C26H20FNO5S/c27-18-8-10-20(33-26-28-19-3-1-2-4-23(19)34-26)17-7-9-21(25(17)18)32-15-5-6-16-14(11-24(29)30)13-31-22(16)12-15/h1-6,8,10,12,14,21H,7,9,11,13H2,(H,29,30)/t14?,21-/m1/s1. The number of ether oxygens (including phenoxy) is 3. The third-order valence-electron chi connectivity index (χ3n) is 6.28. The van der Waals surface area contributed by atoms with Gasteiger partial charge >= 0.3 is 5.97 Å². The predicted molar refractivity (Wildman–Crippen MR) is 125 cm³/mol. The fourth-order valence-corrected chi connectivity index (χ4v) is 5.55. The second-order valence-corrected chi connectivity index (χ2v) is 9.43. The molecule has 0 radical (unpaired) electrons. The highest BCUT2D eigenvalue weighted by molar-refractivity contribution is 7.20. The van der Waals surface area contributed by atoms with Crippen LogP contribution in [0.25, 0.3) is 10.2 Å². The smallest absolute Gasteiger partial charge is 0.304 e. The zero-order chi connectivity index (χ0) is 23.2. The van der Waals surface area contributed by atoms with Crippen LogP contribution in [0.1, 0.15) is 41.6 Å². The molecule has 4 aromatic rings. The number of thiazole rings is 1. The first-order valence-electron chi connectivity index (χ1n) is 11.0. The normalized spacial score (nSPS) is 18.4. The molecule has 0 saturated carbocycles. The molecule has 3 aromatic carbocycles. The average molecular weight is 478 g/mol. The van der Waals surface area contributed by atoms with E-state index < -0.39 is 12.1 Å². The zero-order valence-electron chi connectivity index (χ0n) is 18.0. The number of carboxylic acids is 1. The third kappa shape index (κ3) is 3.74. The number of carbonyl (C=O) groups is 1. The van der Waals surface area contributed by atoms with Gasteiger partial charge in [0.05, 0.1) is 23.2 Å². The van der Waals surface area contributed by atoms with Crippen LogP contribution in [0, 0.1) is 5.82 Å². The van der Waals surface area contributed by atoms with Crippen molar-refractivity contribution < 1.29 is 28.5 Å². The van der Waals surface area contributed by atoms with Crippen LogP contribution in [0.5, 0.6) is 22.4 Å². The topological polar surface area (TPSA) is 77.9 Å². The summed E-state index contributed by atoms with van der Waals surface area (Å²) in [7, 11) is 0. The summed E-state index contributed by atoms with van der Waals surface area (Å²) in [6.45, 7) is 0.332. The van der Waals surface area contributed by atoms with Gasteiger partial charge in [-0.1, -0.05) is 29.5 Å². The van der Waals surface area contributed by atoms with Gasteiger partial charge in [-0.2, -0.15) is 0 Å². The van der Waals surface area contributed by atoms with Gasteiger partial charge in [0, 0.05) is 28.7 Å². The van der Waals surface area contributed by atoms with Crippen molar-refractivity contribution in [3.63, 3.8) is 0 Å². The third-order valence-corrected chi connectivity index (χ3v) is 7.19. The molecule has 2 atom stereocenters. The van der Waals surface area contributed by atoms with E-state index in [4.69, 9.17) is 19.3 Å². The molecule has 0 saturated heterocycles. The van der Waals surface area contributed by atoms with E-state index >= 15 is 0 Å². The number of benzene rings is 3. The molecule has 0 amide bonds. The minimum absolute atomic E-state index is 0.0197. The largest absolute Gasteiger partial charge is 0.492 e. The number of aliphatic carboxylic acids is 1. The summed E-state index contributed by atoms with van der Waals surface area (Å²) in [4.78, 5) is 15.6. The van der Waals surface area contributed by atoms with Gasteiger partial charge in [-0.15, -0.1) is 0 Å². The first kappa shape index (κ1) is 20.9. The highest BCUT2D eigenvalue weighted by Crippen LogP contribution is 2.45. The molecule has 1 unspecified atom stereocenters. The van der Waals surface area contributed by atoms with Crippen LogP contribution < -0.4 is 14.2 Å². The Balaban J connectivity index is 1.24. The van der Waals surface area contributed by atoms with Crippen LogP contribution >= 0.6 is 11.3 Å².